The van der Waals surface area contributed by atoms with Crippen LogP contribution in [-0.2, 0) is 9.84 Å². The third-order valence-electron chi connectivity index (χ3n) is 6.67. The molecule has 2 aromatic heterocycles. The first kappa shape index (κ1) is 25.7. The second kappa shape index (κ2) is 9.88. The van der Waals surface area contributed by atoms with Crippen LogP contribution < -0.4 is 0 Å². The van der Waals surface area contributed by atoms with Crippen molar-refractivity contribution in [2.45, 2.75) is 10.1 Å². The van der Waals surface area contributed by atoms with Gasteiger partial charge in [0.2, 0.25) is 9.84 Å². The highest BCUT2D eigenvalue weighted by atomic mass is 32.2. The minimum absolute atomic E-state index is 0.136. The van der Waals surface area contributed by atoms with E-state index >= 15 is 0 Å². The number of nitro benzene ring substituents is 2. The largest absolute Gasteiger partial charge is 0.269 e. The molecular weight excluding hydrogens is 544 g/mol. The smallest absolute Gasteiger partial charge is 0.258 e. The van der Waals surface area contributed by atoms with Gasteiger partial charge in [0.05, 0.1) is 20.9 Å². The first-order valence-electron chi connectivity index (χ1n) is 12.3. The van der Waals surface area contributed by atoms with Crippen LogP contribution in [-0.4, -0.2) is 28.2 Å². The number of pyridine rings is 2. The van der Waals surface area contributed by atoms with Crippen molar-refractivity contribution in [1.82, 2.24) is 9.97 Å². The second-order valence-electron chi connectivity index (χ2n) is 9.18. The van der Waals surface area contributed by atoms with Gasteiger partial charge in [-0.2, -0.15) is 0 Å². The maximum absolute atomic E-state index is 14.5. The van der Waals surface area contributed by atoms with Gasteiger partial charge < -0.3 is 0 Å². The van der Waals surface area contributed by atoms with E-state index in [1.54, 1.807) is 60.7 Å². The fourth-order valence-corrected chi connectivity index (χ4v) is 6.19. The van der Waals surface area contributed by atoms with Crippen molar-refractivity contribution in [3.63, 3.8) is 0 Å². The SMILES string of the molecule is O=[N+]([O-])c1ccc(-c2cc3ccccc3nc2S(=O)(=O)c2nc3ccccc3cc2-c2ccc([N+](=O)[O-])cc2)cc1. The fourth-order valence-electron chi connectivity index (χ4n) is 4.64. The molecule has 0 saturated carbocycles. The average Bonchev–Trinajstić information content (AvgIpc) is 2.99. The fraction of sp³-hybridized carbons (Fsp3) is 0. The van der Waals surface area contributed by atoms with E-state index in [0.717, 1.165) is 0 Å². The molecule has 200 valence electrons. The van der Waals surface area contributed by atoms with Gasteiger partial charge in [0, 0.05) is 46.2 Å². The molecule has 6 aromatic rings. The van der Waals surface area contributed by atoms with Crippen molar-refractivity contribution in [3.8, 4) is 22.3 Å². The summed E-state index contributed by atoms with van der Waals surface area (Å²) in [4.78, 5) is 30.5. The number of fused-ring (bicyclic) bond motifs is 2. The Morgan fingerprint density at radius 1 is 0.537 bits per heavy atom. The third kappa shape index (κ3) is 4.64. The first-order valence-corrected chi connectivity index (χ1v) is 13.7. The monoisotopic (exact) mass is 562 g/mol. The van der Waals surface area contributed by atoms with Crippen LogP contribution in [0.2, 0.25) is 0 Å². The topological polar surface area (TPSA) is 146 Å². The summed E-state index contributed by atoms with van der Waals surface area (Å²) in [6.07, 6.45) is 0. The molecule has 0 bridgehead atoms. The Labute approximate surface area is 232 Å². The predicted octanol–water partition coefficient (Wildman–Crippen LogP) is 6.77. The van der Waals surface area contributed by atoms with E-state index in [1.807, 2.05) is 0 Å². The second-order valence-corrected chi connectivity index (χ2v) is 11.0. The van der Waals surface area contributed by atoms with Gasteiger partial charge in [-0.05, 0) is 59.7 Å². The molecule has 0 spiro atoms. The molecule has 4 aromatic carbocycles. The van der Waals surface area contributed by atoms with E-state index in [2.05, 4.69) is 9.97 Å². The quantitative estimate of drug-likeness (QED) is 0.160. The summed E-state index contributed by atoms with van der Waals surface area (Å²) in [6, 6.07) is 28.6. The molecule has 0 N–H and O–H groups in total. The van der Waals surface area contributed by atoms with E-state index in [-0.39, 0.29) is 32.6 Å². The summed E-state index contributed by atoms with van der Waals surface area (Å²) in [7, 11) is -4.42. The molecule has 0 saturated heterocycles. The summed E-state index contributed by atoms with van der Waals surface area (Å²) in [5.41, 5.74) is 1.96. The number of sulfone groups is 1. The minimum atomic E-state index is -4.42. The van der Waals surface area contributed by atoms with Crippen LogP contribution in [0.25, 0.3) is 44.1 Å². The standard InChI is InChI=1S/C30H18N4O6S/c35-33(36)23-13-9-19(10-14-23)25-17-21-5-1-3-7-27(21)31-29(25)41(39,40)30-26(18-22-6-2-4-8-28(22)32-30)20-11-15-24(16-12-20)34(37)38/h1-18H. The summed E-state index contributed by atoms with van der Waals surface area (Å²) in [5.74, 6) is 0. The van der Waals surface area contributed by atoms with Crippen LogP contribution >= 0.6 is 0 Å². The van der Waals surface area contributed by atoms with Crippen LogP contribution in [0.15, 0.2) is 119 Å². The highest BCUT2D eigenvalue weighted by Crippen LogP contribution is 2.38. The molecular formula is C30H18N4O6S. The lowest BCUT2D eigenvalue weighted by Crippen LogP contribution is -2.11. The van der Waals surface area contributed by atoms with Gasteiger partial charge in [-0.1, -0.05) is 36.4 Å². The van der Waals surface area contributed by atoms with E-state index in [4.69, 9.17) is 0 Å². The Morgan fingerprint density at radius 3 is 1.27 bits per heavy atom. The zero-order valence-electron chi connectivity index (χ0n) is 21.0. The number of nitro groups is 2. The lowest BCUT2D eigenvalue weighted by molar-refractivity contribution is -0.385. The Bertz CT molecular complexity index is 1970. The number of aromatic nitrogens is 2. The molecule has 0 radical (unpaired) electrons. The summed E-state index contributed by atoms with van der Waals surface area (Å²) in [6.45, 7) is 0. The highest BCUT2D eigenvalue weighted by Gasteiger charge is 2.30. The Balaban J connectivity index is 1.63. The van der Waals surface area contributed by atoms with Crippen molar-refractivity contribution in [2.75, 3.05) is 0 Å². The minimum Gasteiger partial charge on any atom is -0.258 e. The summed E-state index contributed by atoms with van der Waals surface area (Å²) >= 11 is 0. The number of benzene rings is 4. The first-order chi connectivity index (χ1) is 19.7. The molecule has 0 aliphatic rings. The lowest BCUT2D eigenvalue weighted by Gasteiger charge is -2.15. The molecule has 11 heteroatoms. The molecule has 0 unspecified atom stereocenters. The van der Waals surface area contributed by atoms with Gasteiger partial charge >= 0.3 is 0 Å². The Morgan fingerprint density at radius 2 is 0.902 bits per heavy atom. The van der Waals surface area contributed by atoms with Crippen LogP contribution in [0.1, 0.15) is 0 Å². The van der Waals surface area contributed by atoms with Crippen LogP contribution in [0.3, 0.4) is 0 Å². The van der Waals surface area contributed by atoms with Crippen molar-refractivity contribution < 1.29 is 18.3 Å². The van der Waals surface area contributed by atoms with Gasteiger partial charge in [-0.3, -0.25) is 20.2 Å². The molecule has 0 aliphatic carbocycles. The van der Waals surface area contributed by atoms with E-state index in [9.17, 15) is 28.6 Å². The van der Waals surface area contributed by atoms with Gasteiger partial charge in [-0.15, -0.1) is 0 Å². The third-order valence-corrected chi connectivity index (χ3v) is 8.31. The van der Waals surface area contributed by atoms with Crippen LogP contribution in [0.4, 0.5) is 11.4 Å². The molecule has 0 amide bonds. The van der Waals surface area contributed by atoms with Gasteiger partial charge in [0.25, 0.3) is 11.4 Å². The van der Waals surface area contributed by atoms with Crippen molar-refractivity contribution in [1.29, 1.82) is 0 Å². The normalized spacial score (nSPS) is 11.5. The predicted molar refractivity (Wildman–Crippen MR) is 153 cm³/mol. The molecule has 2 heterocycles. The Hall–Kier alpha value is -5.55. The van der Waals surface area contributed by atoms with Gasteiger partial charge in [0.1, 0.15) is 0 Å². The van der Waals surface area contributed by atoms with Gasteiger partial charge in [0.15, 0.2) is 10.1 Å². The van der Waals surface area contributed by atoms with Crippen molar-refractivity contribution in [3.05, 3.63) is 129 Å². The van der Waals surface area contributed by atoms with Crippen molar-refractivity contribution in [2.24, 2.45) is 0 Å². The number of para-hydroxylation sites is 2. The Kier molecular flexibility index (Phi) is 6.20. The van der Waals surface area contributed by atoms with E-state index < -0.39 is 19.7 Å². The van der Waals surface area contributed by atoms with Crippen LogP contribution in [0.5, 0.6) is 0 Å². The van der Waals surface area contributed by atoms with Gasteiger partial charge in [-0.25, -0.2) is 18.4 Å². The highest BCUT2D eigenvalue weighted by molar-refractivity contribution is 7.91. The number of non-ortho nitro benzene ring substituents is 2. The molecule has 41 heavy (non-hydrogen) atoms. The maximum Gasteiger partial charge on any atom is 0.269 e. The molecule has 0 aliphatic heterocycles. The molecule has 0 fully saturated rings. The zero-order valence-corrected chi connectivity index (χ0v) is 21.9. The van der Waals surface area contributed by atoms with E-state index in [1.165, 1.54) is 48.5 Å². The molecule has 6 rings (SSSR count). The van der Waals surface area contributed by atoms with Crippen molar-refractivity contribution >= 4 is 43.0 Å². The average molecular weight is 563 g/mol. The number of hydrogen-bond acceptors (Lipinski definition) is 8. The number of nitrogens with zero attached hydrogens (tertiary/aromatic N) is 4. The summed E-state index contributed by atoms with van der Waals surface area (Å²) < 4.78 is 29.0. The lowest BCUT2D eigenvalue weighted by atomic mass is 10.0. The zero-order chi connectivity index (χ0) is 28.7. The molecule has 10 nitrogen and oxygen atoms in total. The van der Waals surface area contributed by atoms with E-state index in [0.29, 0.717) is 32.9 Å². The van der Waals surface area contributed by atoms with Crippen LogP contribution in [0, 0.1) is 20.2 Å². The summed E-state index contributed by atoms with van der Waals surface area (Å²) in [5, 5.41) is 23.3. The maximum atomic E-state index is 14.5. The number of hydrogen-bond donors (Lipinski definition) is 0. The molecule has 0 atom stereocenters. The number of rotatable bonds is 6.